The largest absolute Gasteiger partial charge is 0.469 e. The highest BCUT2D eigenvalue weighted by molar-refractivity contribution is 5.72. The van der Waals surface area contributed by atoms with Crippen molar-refractivity contribution in [3.05, 3.63) is 0 Å². The fourth-order valence-electron chi connectivity index (χ4n) is 2.81. The number of carbonyl (C=O) groups excluding carboxylic acids is 1. The standard InChI is InChI=1S/C16H32N2O2/c1-6-13(4)18-10-14(16(19)20-5)9-15(11-18)17-8-7-12(2)3/h12-15,17H,6-11H2,1-5H3. The zero-order valence-corrected chi connectivity index (χ0v) is 13.8. The summed E-state index contributed by atoms with van der Waals surface area (Å²) >= 11 is 0. The summed E-state index contributed by atoms with van der Waals surface area (Å²) in [5, 5.41) is 3.62. The Morgan fingerprint density at radius 2 is 2.05 bits per heavy atom. The van der Waals surface area contributed by atoms with Crippen LogP contribution < -0.4 is 5.32 Å². The fraction of sp³-hybridized carbons (Fsp3) is 0.938. The van der Waals surface area contributed by atoms with E-state index in [-0.39, 0.29) is 11.9 Å². The minimum absolute atomic E-state index is 0.0132. The van der Waals surface area contributed by atoms with Gasteiger partial charge in [-0.1, -0.05) is 20.8 Å². The monoisotopic (exact) mass is 284 g/mol. The second-order valence-electron chi connectivity index (χ2n) is 6.50. The zero-order chi connectivity index (χ0) is 15.1. The predicted octanol–water partition coefficient (Wildman–Crippen LogP) is 2.28. The average Bonchev–Trinajstić information content (AvgIpc) is 2.44. The smallest absolute Gasteiger partial charge is 0.310 e. The number of hydrogen-bond donors (Lipinski definition) is 1. The van der Waals surface area contributed by atoms with Crippen molar-refractivity contribution in [1.82, 2.24) is 10.2 Å². The van der Waals surface area contributed by atoms with Gasteiger partial charge in [-0.2, -0.15) is 0 Å². The molecule has 0 spiro atoms. The second-order valence-corrected chi connectivity index (χ2v) is 6.50. The topological polar surface area (TPSA) is 41.6 Å². The first-order chi connectivity index (χ1) is 9.47. The van der Waals surface area contributed by atoms with Gasteiger partial charge in [0.05, 0.1) is 13.0 Å². The van der Waals surface area contributed by atoms with Crippen molar-refractivity contribution in [3.8, 4) is 0 Å². The molecule has 1 N–H and O–H groups in total. The summed E-state index contributed by atoms with van der Waals surface area (Å²) in [4.78, 5) is 14.3. The van der Waals surface area contributed by atoms with Gasteiger partial charge >= 0.3 is 5.97 Å². The maximum absolute atomic E-state index is 11.9. The zero-order valence-electron chi connectivity index (χ0n) is 13.8. The van der Waals surface area contributed by atoms with Crippen LogP contribution in [0.1, 0.15) is 47.0 Å². The van der Waals surface area contributed by atoms with Gasteiger partial charge < -0.3 is 10.1 Å². The molecule has 0 amide bonds. The van der Waals surface area contributed by atoms with Gasteiger partial charge in [-0.3, -0.25) is 9.69 Å². The summed E-state index contributed by atoms with van der Waals surface area (Å²) < 4.78 is 4.95. The summed E-state index contributed by atoms with van der Waals surface area (Å²) in [6.45, 7) is 11.8. The molecule has 0 aromatic rings. The van der Waals surface area contributed by atoms with E-state index in [1.54, 1.807) is 0 Å². The van der Waals surface area contributed by atoms with Crippen LogP contribution in [-0.2, 0) is 9.53 Å². The number of hydrogen-bond acceptors (Lipinski definition) is 4. The van der Waals surface area contributed by atoms with E-state index in [1.807, 2.05) is 0 Å². The number of methoxy groups -OCH3 is 1. The van der Waals surface area contributed by atoms with Crippen molar-refractivity contribution in [1.29, 1.82) is 0 Å². The molecular weight excluding hydrogens is 252 g/mol. The summed E-state index contributed by atoms with van der Waals surface area (Å²) in [5.74, 6) is 0.668. The Morgan fingerprint density at radius 1 is 1.35 bits per heavy atom. The minimum atomic E-state index is -0.0614. The Balaban J connectivity index is 2.57. The number of nitrogens with zero attached hydrogens (tertiary/aromatic N) is 1. The molecule has 1 heterocycles. The summed E-state index contributed by atoms with van der Waals surface area (Å²) in [7, 11) is 1.49. The molecular formula is C16H32N2O2. The van der Waals surface area contributed by atoms with Crippen molar-refractivity contribution in [2.45, 2.75) is 59.0 Å². The van der Waals surface area contributed by atoms with Crippen LogP contribution in [0.4, 0.5) is 0 Å². The van der Waals surface area contributed by atoms with Crippen LogP contribution in [0.15, 0.2) is 0 Å². The highest BCUT2D eigenvalue weighted by atomic mass is 16.5. The average molecular weight is 284 g/mol. The first-order valence-electron chi connectivity index (χ1n) is 8.03. The fourth-order valence-corrected chi connectivity index (χ4v) is 2.81. The lowest BCUT2D eigenvalue weighted by atomic mass is 9.92. The number of nitrogens with one attached hydrogen (secondary N) is 1. The SMILES string of the molecule is CCC(C)N1CC(NCCC(C)C)CC(C(=O)OC)C1. The number of likely N-dealkylation sites (tertiary alicyclic amines) is 1. The molecule has 0 aromatic heterocycles. The van der Waals surface area contributed by atoms with E-state index in [1.165, 1.54) is 13.5 Å². The molecule has 0 bridgehead atoms. The molecule has 1 saturated heterocycles. The van der Waals surface area contributed by atoms with Gasteiger partial charge in [-0.25, -0.2) is 0 Å². The Bertz CT molecular complexity index is 294. The lowest BCUT2D eigenvalue weighted by molar-refractivity contribution is -0.148. The van der Waals surface area contributed by atoms with Gasteiger partial charge in [0.25, 0.3) is 0 Å². The predicted molar refractivity (Wildman–Crippen MR) is 82.7 cm³/mol. The van der Waals surface area contributed by atoms with E-state index in [2.05, 4.69) is 37.9 Å². The molecule has 3 unspecified atom stereocenters. The van der Waals surface area contributed by atoms with Crippen molar-refractivity contribution in [2.24, 2.45) is 11.8 Å². The van der Waals surface area contributed by atoms with Gasteiger partial charge in [0.15, 0.2) is 0 Å². The number of carbonyl (C=O) groups is 1. The Hall–Kier alpha value is -0.610. The Morgan fingerprint density at radius 3 is 2.60 bits per heavy atom. The number of rotatable bonds is 7. The van der Waals surface area contributed by atoms with E-state index in [4.69, 9.17) is 4.74 Å². The second kappa shape index (κ2) is 8.63. The molecule has 20 heavy (non-hydrogen) atoms. The molecule has 4 heteroatoms. The van der Waals surface area contributed by atoms with Crippen LogP contribution in [0.25, 0.3) is 0 Å². The third kappa shape index (κ3) is 5.41. The Kier molecular flexibility index (Phi) is 7.52. The van der Waals surface area contributed by atoms with Crippen LogP contribution in [0.2, 0.25) is 0 Å². The molecule has 0 aliphatic carbocycles. The third-order valence-electron chi connectivity index (χ3n) is 4.38. The van der Waals surface area contributed by atoms with Crippen LogP contribution in [0.3, 0.4) is 0 Å². The molecule has 1 fully saturated rings. The normalized spacial score (nSPS) is 25.7. The number of esters is 1. The van der Waals surface area contributed by atoms with Gasteiger partial charge in [0.1, 0.15) is 0 Å². The molecule has 3 atom stereocenters. The van der Waals surface area contributed by atoms with Gasteiger partial charge in [-0.15, -0.1) is 0 Å². The molecule has 0 saturated carbocycles. The molecule has 1 aliphatic rings. The Labute approximate surface area is 124 Å². The summed E-state index contributed by atoms with van der Waals surface area (Å²) in [6, 6.07) is 0.928. The van der Waals surface area contributed by atoms with Crippen molar-refractivity contribution >= 4 is 5.97 Å². The minimum Gasteiger partial charge on any atom is -0.469 e. The first-order valence-corrected chi connectivity index (χ1v) is 8.03. The third-order valence-corrected chi connectivity index (χ3v) is 4.38. The highest BCUT2D eigenvalue weighted by Crippen LogP contribution is 2.21. The molecule has 0 aromatic carbocycles. The number of piperidine rings is 1. The molecule has 118 valence electrons. The molecule has 4 nitrogen and oxygen atoms in total. The first kappa shape index (κ1) is 17.4. The van der Waals surface area contributed by atoms with Gasteiger partial charge in [-0.05, 0) is 38.6 Å². The van der Waals surface area contributed by atoms with Gasteiger partial charge in [0.2, 0.25) is 0 Å². The maximum atomic E-state index is 11.9. The van der Waals surface area contributed by atoms with E-state index < -0.39 is 0 Å². The van der Waals surface area contributed by atoms with Crippen molar-refractivity contribution in [2.75, 3.05) is 26.7 Å². The van der Waals surface area contributed by atoms with E-state index in [0.29, 0.717) is 18.0 Å². The van der Waals surface area contributed by atoms with E-state index in [0.717, 1.165) is 32.5 Å². The van der Waals surface area contributed by atoms with Crippen molar-refractivity contribution in [3.63, 3.8) is 0 Å². The quantitative estimate of drug-likeness (QED) is 0.728. The van der Waals surface area contributed by atoms with E-state index >= 15 is 0 Å². The summed E-state index contributed by atoms with van der Waals surface area (Å²) in [6.07, 6.45) is 3.20. The van der Waals surface area contributed by atoms with Crippen LogP contribution in [0, 0.1) is 11.8 Å². The lowest BCUT2D eigenvalue weighted by Crippen LogP contribution is -2.53. The molecule has 1 rings (SSSR count). The van der Waals surface area contributed by atoms with Crippen LogP contribution in [-0.4, -0.2) is 49.7 Å². The highest BCUT2D eigenvalue weighted by Gasteiger charge is 2.33. The molecule has 0 radical (unpaired) electrons. The van der Waals surface area contributed by atoms with Gasteiger partial charge in [0, 0.05) is 25.2 Å². The van der Waals surface area contributed by atoms with Crippen molar-refractivity contribution < 1.29 is 9.53 Å². The lowest BCUT2D eigenvalue weighted by Gasteiger charge is -2.40. The molecule has 1 aliphatic heterocycles. The summed E-state index contributed by atoms with van der Waals surface area (Å²) in [5.41, 5.74) is 0. The van der Waals surface area contributed by atoms with Crippen LogP contribution in [0.5, 0.6) is 0 Å². The van der Waals surface area contributed by atoms with E-state index in [9.17, 15) is 4.79 Å². The van der Waals surface area contributed by atoms with Crippen LogP contribution >= 0.6 is 0 Å². The maximum Gasteiger partial charge on any atom is 0.310 e. The number of ether oxygens (including phenoxy) is 1.